The van der Waals surface area contributed by atoms with E-state index in [2.05, 4.69) is 5.32 Å². The van der Waals surface area contributed by atoms with Crippen LogP contribution in [0.5, 0.6) is 0 Å². The number of furan rings is 1. The molecule has 0 aromatic carbocycles. The molecule has 0 aliphatic rings. The van der Waals surface area contributed by atoms with Gasteiger partial charge in [-0.15, -0.1) is 11.3 Å². The van der Waals surface area contributed by atoms with Crippen molar-refractivity contribution >= 4 is 17.2 Å². The predicted octanol–water partition coefficient (Wildman–Crippen LogP) is 3.09. The van der Waals surface area contributed by atoms with E-state index in [9.17, 15) is 9.90 Å². The topological polar surface area (TPSA) is 62.5 Å². The summed E-state index contributed by atoms with van der Waals surface area (Å²) in [6.45, 7) is 4.53. The minimum Gasteiger partial charge on any atom is -0.466 e. The Bertz CT molecular complexity index is 545. The van der Waals surface area contributed by atoms with Crippen molar-refractivity contribution in [1.82, 2.24) is 5.32 Å². The molecule has 5 heteroatoms. The van der Waals surface area contributed by atoms with E-state index in [1.54, 1.807) is 18.4 Å². The molecule has 0 aliphatic heterocycles. The van der Waals surface area contributed by atoms with Gasteiger partial charge in [0.05, 0.1) is 12.8 Å². The number of aliphatic hydroxyl groups excluding tert-OH is 1. The lowest BCUT2D eigenvalue weighted by molar-refractivity contribution is -0.121. The highest BCUT2D eigenvalue weighted by atomic mass is 32.1. The van der Waals surface area contributed by atoms with Gasteiger partial charge in [0.1, 0.15) is 11.9 Å². The molecule has 1 unspecified atom stereocenters. The second-order valence-corrected chi connectivity index (χ2v) is 6.30. The van der Waals surface area contributed by atoms with Gasteiger partial charge >= 0.3 is 0 Å². The highest BCUT2D eigenvalue weighted by Crippen LogP contribution is 2.28. The van der Waals surface area contributed by atoms with Gasteiger partial charge < -0.3 is 14.8 Å². The number of nitrogens with one attached hydrogen (secondary N) is 1. The van der Waals surface area contributed by atoms with Gasteiger partial charge in [-0.2, -0.15) is 0 Å². The van der Waals surface area contributed by atoms with E-state index in [0.29, 0.717) is 24.6 Å². The van der Waals surface area contributed by atoms with Crippen LogP contribution in [0, 0.1) is 5.92 Å². The molecule has 1 atom stereocenters. The first-order chi connectivity index (χ1) is 9.56. The fourth-order valence-corrected chi connectivity index (χ4v) is 2.80. The molecule has 0 fully saturated rings. The number of thiophene rings is 1. The maximum absolute atomic E-state index is 11.6. The Hall–Kier alpha value is -1.59. The molecule has 2 rings (SSSR count). The maximum Gasteiger partial charge on any atom is 0.220 e. The number of carbonyl (C=O) groups is 1. The smallest absolute Gasteiger partial charge is 0.220 e. The third-order valence-corrected chi connectivity index (χ3v) is 3.96. The Balaban J connectivity index is 1.91. The van der Waals surface area contributed by atoms with Crippen LogP contribution in [0.3, 0.4) is 0 Å². The number of rotatable bonds is 6. The van der Waals surface area contributed by atoms with Crippen LogP contribution < -0.4 is 5.32 Å². The first kappa shape index (κ1) is 14.8. The summed E-state index contributed by atoms with van der Waals surface area (Å²) < 4.78 is 5.19. The summed E-state index contributed by atoms with van der Waals surface area (Å²) in [5.74, 6) is 0.943. The summed E-state index contributed by atoms with van der Waals surface area (Å²) in [7, 11) is 0. The minimum atomic E-state index is -0.741. The first-order valence-corrected chi connectivity index (χ1v) is 7.44. The van der Waals surface area contributed by atoms with Crippen molar-refractivity contribution in [2.24, 2.45) is 5.92 Å². The zero-order valence-corrected chi connectivity index (χ0v) is 12.4. The lowest BCUT2D eigenvalue weighted by atomic mass is 10.1. The molecule has 4 nitrogen and oxygen atoms in total. The lowest BCUT2D eigenvalue weighted by Crippen LogP contribution is -2.23. The van der Waals surface area contributed by atoms with Gasteiger partial charge in [-0.3, -0.25) is 4.79 Å². The van der Waals surface area contributed by atoms with Crippen molar-refractivity contribution in [1.29, 1.82) is 0 Å². The van der Waals surface area contributed by atoms with Gasteiger partial charge in [0, 0.05) is 16.2 Å². The third kappa shape index (κ3) is 3.95. The van der Waals surface area contributed by atoms with Crippen LogP contribution in [-0.4, -0.2) is 11.0 Å². The zero-order chi connectivity index (χ0) is 14.5. The molecule has 0 radical (unpaired) electrons. The van der Waals surface area contributed by atoms with Crippen molar-refractivity contribution in [2.45, 2.75) is 32.9 Å². The van der Waals surface area contributed by atoms with E-state index < -0.39 is 6.10 Å². The monoisotopic (exact) mass is 293 g/mol. The molecule has 108 valence electrons. The Labute approximate surface area is 122 Å². The van der Waals surface area contributed by atoms with Crippen molar-refractivity contribution < 1.29 is 14.3 Å². The highest BCUT2D eigenvalue weighted by molar-refractivity contribution is 7.12. The van der Waals surface area contributed by atoms with Crippen LogP contribution in [0.15, 0.2) is 34.9 Å². The predicted molar refractivity (Wildman–Crippen MR) is 78.4 cm³/mol. The van der Waals surface area contributed by atoms with E-state index in [-0.39, 0.29) is 5.91 Å². The molecule has 2 N–H and O–H groups in total. The Kier molecular flexibility index (Phi) is 4.98. The molecule has 0 aliphatic carbocycles. The van der Waals surface area contributed by atoms with Crippen LogP contribution >= 0.6 is 11.3 Å². The largest absolute Gasteiger partial charge is 0.466 e. The van der Waals surface area contributed by atoms with Gasteiger partial charge in [0.25, 0.3) is 0 Å². The normalized spacial score (nSPS) is 12.6. The number of aliphatic hydroxyl groups is 1. The van der Waals surface area contributed by atoms with E-state index in [4.69, 9.17) is 4.42 Å². The van der Waals surface area contributed by atoms with E-state index in [1.807, 2.05) is 26.0 Å². The molecule has 20 heavy (non-hydrogen) atoms. The standard InChI is InChI=1S/C15H19NO3S/c1-10(2)8-14(17)16-9-11-5-6-13(20-11)15(18)12-4-3-7-19-12/h3-7,10,15,18H,8-9H2,1-2H3,(H,16,17). The van der Waals surface area contributed by atoms with Crippen LogP contribution in [-0.2, 0) is 11.3 Å². The summed E-state index contributed by atoms with van der Waals surface area (Å²) in [6.07, 6.45) is 1.34. The molecule has 2 heterocycles. The van der Waals surface area contributed by atoms with Crippen LogP contribution in [0.25, 0.3) is 0 Å². The molecular formula is C15H19NO3S. The third-order valence-electron chi connectivity index (χ3n) is 2.82. The molecule has 2 aromatic heterocycles. The summed E-state index contributed by atoms with van der Waals surface area (Å²) in [4.78, 5) is 13.4. The summed E-state index contributed by atoms with van der Waals surface area (Å²) in [6, 6.07) is 7.28. The molecule has 0 saturated heterocycles. The van der Waals surface area contributed by atoms with Gasteiger partial charge in [0.15, 0.2) is 0 Å². The van der Waals surface area contributed by atoms with Gasteiger partial charge in [0.2, 0.25) is 5.91 Å². The summed E-state index contributed by atoms with van der Waals surface area (Å²) in [5.41, 5.74) is 0. The van der Waals surface area contributed by atoms with Crippen LogP contribution in [0.4, 0.5) is 0 Å². The number of amides is 1. The Morgan fingerprint density at radius 1 is 1.40 bits per heavy atom. The summed E-state index contributed by atoms with van der Waals surface area (Å²) >= 11 is 1.48. The molecule has 0 spiro atoms. The fraction of sp³-hybridized carbons (Fsp3) is 0.400. The number of hydrogen-bond donors (Lipinski definition) is 2. The number of hydrogen-bond acceptors (Lipinski definition) is 4. The zero-order valence-electron chi connectivity index (χ0n) is 11.6. The number of carbonyl (C=O) groups excluding carboxylic acids is 1. The lowest BCUT2D eigenvalue weighted by Gasteiger charge is -2.06. The quantitative estimate of drug-likeness (QED) is 0.860. The van der Waals surface area contributed by atoms with Crippen LogP contribution in [0.1, 0.15) is 41.9 Å². The fourth-order valence-electron chi connectivity index (χ4n) is 1.85. The average Bonchev–Trinajstić information content (AvgIpc) is 3.06. The minimum absolute atomic E-state index is 0.0570. The Morgan fingerprint density at radius 2 is 2.20 bits per heavy atom. The second-order valence-electron chi connectivity index (χ2n) is 5.10. The maximum atomic E-state index is 11.6. The average molecular weight is 293 g/mol. The van der Waals surface area contributed by atoms with E-state index in [1.165, 1.54) is 11.3 Å². The van der Waals surface area contributed by atoms with E-state index >= 15 is 0 Å². The second kappa shape index (κ2) is 6.72. The summed E-state index contributed by atoms with van der Waals surface area (Å²) in [5, 5.41) is 13.0. The SMILES string of the molecule is CC(C)CC(=O)NCc1ccc(C(O)c2ccco2)s1. The van der Waals surface area contributed by atoms with Gasteiger partial charge in [-0.25, -0.2) is 0 Å². The van der Waals surface area contributed by atoms with Crippen molar-refractivity contribution in [3.05, 3.63) is 46.0 Å². The molecule has 0 saturated carbocycles. The van der Waals surface area contributed by atoms with Crippen molar-refractivity contribution in [2.75, 3.05) is 0 Å². The van der Waals surface area contributed by atoms with Crippen molar-refractivity contribution in [3.8, 4) is 0 Å². The van der Waals surface area contributed by atoms with Gasteiger partial charge in [-0.1, -0.05) is 13.8 Å². The first-order valence-electron chi connectivity index (χ1n) is 6.63. The highest BCUT2D eigenvalue weighted by Gasteiger charge is 2.15. The van der Waals surface area contributed by atoms with Gasteiger partial charge in [-0.05, 0) is 30.2 Å². The van der Waals surface area contributed by atoms with Crippen LogP contribution in [0.2, 0.25) is 0 Å². The molecule has 0 bridgehead atoms. The molecule has 2 aromatic rings. The van der Waals surface area contributed by atoms with E-state index in [0.717, 1.165) is 9.75 Å². The van der Waals surface area contributed by atoms with Crippen molar-refractivity contribution in [3.63, 3.8) is 0 Å². The molecule has 1 amide bonds. The Morgan fingerprint density at radius 3 is 2.85 bits per heavy atom. The molecular weight excluding hydrogens is 274 g/mol.